The third-order valence-electron chi connectivity index (χ3n) is 3.86. The third-order valence-corrected chi connectivity index (χ3v) is 3.86. The maximum atomic E-state index is 9.58. The second kappa shape index (κ2) is 5.55. The Morgan fingerprint density at radius 2 is 2.15 bits per heavy atom. The van der Waals surface area contributed by atoms with Crippen molar-refractivity contribution < 1.29 is 9.84 Å². The summed E-state index contributed by atoms with van der Waals surface area (Å²) in [6.45, 7) is 0.989. The molecule has 0 bridgehead atoms. The molecule has 2 aromatic carbocycles. The average Bonchev–Trinajstić information content (AvgIpc) is 2.47. The number of fused-ring (bicyclic) bond motifs is 1. The number of nitrogens with one attached hydrogen (secondary N) is 1. The van der Waals surface area contributed by atoms with E-state index in [1.165, 1.54) is 11.1 Å². The molecule has 1 unspecified atom stereocenters. The van der Waals surface area contributed by atoms with Gasteiger partial charge in [-0.15, -0.1) is 0 Å². The Morgan fingerprint density at radius 1 is 1.25 bits per heavy atom. The number of hydrogen-bond acceptors (Lipinski definition) is 3. The molecule has 3 nitrogen and oxygen atoms in total. The first-order valence-corrected chi connectivity index (χ1v) is 6.94. The van der Waals surface area contributed by atoms with Gasteiger partial charge in [0.2, 0.25) is 0 Å². The second-order valence-corrected chi connectivity index (χ2v) is 5.20. The predicted octanol–water partition coefficient (Wildman–Crippen LogP) is 2.83. The van der Waals surface area contributed by atoms with Gasteiger partial charge < -0.3 is 15.2 Å². The Bertz CT molecular complexity index is 610. The van der Waals surface area contributed by atoms with Crippen LogP contribution >= 0.6 is 0 Å². The van der Waals surface area contributed by atoms with Crippen LogP contribution in [-0.2, 0) is 12.8 Å². The Hall–Kier alpha value is -2.00. The van der Waals surface area contributed by atoms with Crippen molar-refractivity contribution in [2.45, 2.75) is 18.9 Å². The fourth-order valence-corrected chi connectivity index (χ4v) is 2.84. The number of hydrogen-bond donors (Lipinski definition) is 2. The number of ether oxygens (including phenoxy) is 1. The molecule has 0 amide bonds. The van der Waals surface area contributed by atoms with Crippen molar-refractivity contribution in [1.29, 1.82) is 0 Å². The Morgan fingerprint density at radius 3 is 2.95 bits per heavy atom. The summed E-state index contributed by atoms with van der Waals surface area (Å²) >= 11 is 0. The molecule has 0 saturated heterocycles. The summed E-state index contributed by atoms with van der Waals surface area (Å²) in [6.07, 6.45) is 1.92. The second-order valence-electron chi connectivity index (χ2n) is 5.20. The first kappa shape index (κ1) is 13.0. The number of phenolic OH excluding ortho intramolecular Hbond substituents is 1. The van der Waals surface area contributed by atoms with Gasteiger partial charge >= 0.3 is 0 Å². The fourth-order valence-electron chi connectivity index (χ4n) is 2.84. The molecular weight excluding hydrogens is 250 g/mol. The van der Waals surface area contributed by atoms with Gasteiger partial charge in [0, 0.05) is 6.04 Å². The molecule has 0 fully saturated rings. The van der Waals surface area contributed by atoms with Crippen LogP contribution in [0.3, 0.4) is 0 Å². The van der Waals surface area contributed by atoms with Crippen molar-refractivity contribution in [1.82, 2.24) is 5.32 Å². The maximum Gasteiger partial charge on any atom is 0.119 e. The lowest BCUT2D eigenvalue weighted by Crippen LogP contribution is -2.31. The van der Waals surface area contributed by atoms with Crippen molar-refractivity contribution in [2.75, 3.05) is 13.7 Å². The van der Waals surface area contributed by atoms with Crippen molar-refractivity contribution in [3.8, 4) is 11.5 Å². The Labute approximate surface area is 119 Å². The van der Waals surface area contributed by atoms with E-state index in [1.807, 2.05) is 18.2 Å². The molecule has 1 atom stereocenters. The summed E-state index contributed by atoms with van der Waals surface area (Å²) in [5, 5.41) is 13.1. The van der Waals surface area contributed by atoms with Crippen molar-refractivity contribution in [2.24, 2.45) is 0 Å². The molecule has 3 heteroatoms. The Balaban J connectivity index is 1.89. The van der Waals surface area contributed by atoms with Gasteiger partial charge in [-0.05, 0) is 60.3 Å². The summed E-state index contributed by atoms with van der Waals surface area (Å²) in [5.41, 5.74) is 3.83. The van der Waals surface area contributed by atoms with Crippen LogP contribution in [0.25, 0.3) is 0 Å². The largest absolute Gasteiger partial charge is 0.508 e. The van der Waals surface area contributed by atoms with Crippen LogP contribution in [0.2, 0.25) is 0 Å². The molecule has 0 radical (unpaired) electrons. The number of benzene rings is 2. The highest BCUT2D eigenvalue weighted by Gasteiger charge is 2.20. The van der Waals surface area contributed by atoms with Gasteiger partial charge in [-0.1, -0.05) is 18.2 Å². The van der Waals surface area contributed by atoms with Crippen molar-refractivity contribution >= 4 is 0 Å². The molecule has 2 N–H and O–H groups in total. The van der Waals surface area contributed by atoms with E-state index in [9.17, 15) is 5.11 Å². The molecule has 1 heterocycles. The van der Waals surface area contributed by atoms with Crippen LogP contribution < -0.4 is 10.1 Å². The minimum absolute atomic E-state index is 0.274. The first-order valence-electron chi connectivity index (χ1n) is 6.94. The van der Waals surface area contributed by atoms with Gasteiger partial charge in [-0.25, -0.2) is 0 Å². The summed E-state index contributed by atoms with van der Waals surface area (Å²) in [5.74, 6) is 1.22. The number of rotatable bonds is 3. The predicted molar refractivity (Wildman–Crippen MR) is 79.3 cm³/mol. The van der Waals surface area contributed by atoms with E-state index >= 15 is 0 Å². The lowest BCUT2D eigenvalue weighted by atomic mass is 9.90. The minimum Gasteiger partial charge on any atom is -0.508 e. The van der Waals surface area contributed by atoms with Crippen molar-refractivity contribution in [3.63, 3.8) is 0 Å². The molecule has 0 aromatic heterocycles. The van der Waals surface area contributed by atoms with Crippen LogP contribution in [0, 0.1) is 0 Å². The lowest BCUT2D eigenvalue weighted by molar-refractivity contribution is 0.411. The number of phenols is 1. The van der Waals surface area contributed by atoms with Crippen LogP contribution in [0.5, 0.6) is 11.5 Å². The molecule has 2 aromatic rings. The topological polar surface area (TPSA) is 41.5 Å². The van der Waals surface area contributed by atoms with E-state index in [-0.39, 0.29) is 6.04 Å². The summed E-state index contributed by atoms with van der Waals surface area (Å²) in [4.78, 5) is 0. The van der Waals surface area contributed by atoms with Crippen LogP contribution in [0.15, 0.2) is 42.5 Å². The molecule has 1 aliphatic rings. The molecule has 0 aliphatic carbocycles. The maximum absolute atomic E-state index is 9.58. The molecule has 1 aliphatic heterocycles. The molecule has 3 rings (SSSR count). The summed E-state index contributed by atoms with van der Waals surface area (Å²) < 4.78 is 5.33. The number of aromatic hydroxyl groups is 1. The fraction of sp³-hybridized carbons (Fsp3) is 0.294. The summed E-state index contributed by atoms with van der Waals surface area (Å²) in [7, 11) is 1.70. The van der Waals surface area contributed by atoms with Crippen LogP contribution in [0.4, 0.5) is 0 Å². The highest BCUT2D eigenvalue weighted by atomic mass is 16.5. The number of methoxy groups -OCH3 is 1. The zero-order valence-electron chi connectivity index (χ0n) is 11.6. The molecule has 104 valence electrons. The standard InChI is InChI=1S/C17H19NO2/c1-20-15-6-5-13-7-8-18-17(16(13)11-15)10-12-3-2-4-14(19)9-12/h2-6,9,11,17-19H,7-8,10H2,1H3. The van der Waals surface area contributed by atoms with Crippen LogP contribution in [-0.4, -0.2) is 18.8 Å². The van der Waals surface area contributed by atoms with Crippen molar-refractivity contribution in [3.05, 3.63) is 59.2 Å². The first-order chi connectivity index (χ1) is 9.76. The molecule has 0 saturated carbocycles. The normalized spacial score (nSPS) is 17.6. The van der Waals surface area contributed by atoms with Gasteiger partial charge in [-0.2, -0.15) is 0 Å². The minimum atomic E-state index is 0.274. The highest BCUT2D eigenvalue weighted by Crippen LogP contribution is 2.29. The molecule has 20 heavy (non-hydrogen) atoms. The van der Waals surface area contributed by atoms with Gasteiger partial charge in [0.05, 0.1) is 7.11 Å². The lowest BCUT2D eigenvalue weighted by Gasteiger charge is -2.27. The van der Waals surface area contributed by atoms with E-state index in [0.29, 0.717) is 5.75 Å². The smallest absolute Gasteiger partial charge is 0.119 e. The van der Waals surface area contributed by atoms with E-state index < -0.39 is 0 Å². The molecule has 0 spiro atoms. The highest BCUT2D eigenvalue weighted by molar-refractivity contribution is 5.40. The quantitative estimate of drug-likeness (QED) is 0.900. The van der Waals surface area contributed by atoms with E-state index in [4.69, 9.17) is 4.74 Å². The van der Waals surface area contributed by atoms with E-state index in [1.54, 1.807) is 13.2 Å². The zero-order valence-corrected chi connectivity index (χ0v) is 11.6. The SMILES string of the molecule is COc1ccc2c(c1)C(Cc1cccc(O)c1)NCC2. The zero-order chi connectivity index (χ0) is 13.9. The summed E-state index contributed by atoms with van der Waals surface area (Å²) in [6, 6.07) is 14.0. The average molecular weight is 269 g/mol. The molecular formula is C17H19NO2. The van der Waals surface area contributed by atoms with Gasteiger partial charge in [0.25, 0.3) is 0 Å². The van der Waals surface area contributed by atoms with Gasteiger partial charge in [0.1, 0.15) is 11.5 Å². The third kappa shape index (κ3) is 2.63. The monoisotopic (exact) mass is 269 g/mol. The Kier molecular flexibility index (Phi) is 3.61. The van der Waals surface area contributed by atoms with Crippen LogP contribution in [0.1, 0.15) is 22.7 Å². The van der Waals surface area contributed by atoms with Gasteiger partial charge in [0.15, 0.2) is 0 Å². The van der Waals surface area contributed by atoms with E-state index in [0.717, 1.165) is 30.7 Å². The van der Waals surface area contributed by atoms with E-state index in [2.05, 4.69) is 23.5 Å². The van der Waals surface area contributed by atoms with Gasteiger partial charge in [-0.3, -0.25) is 0 Å².